The van der Waals surface area contributed by atoms with E-state index in [2.05, 4.69) is 0 Å². The van der Waals surface area contributed by atoms with E-state index in [1.165, 1.54) is 0 Å². The van der Waals surface area contributed by atoms with E-state index in [0.717, 1.165) is 0 Å². The van der Waals surface area contributed by atoms with E-state index in [1.807, 2.05) is 13.0 Å². The summed E-state index contributed by atoms with van der Waals surface area (Å²) in [6.45, 7) is 2.60. The highest BCUT2D eigenvalue weighted by atomic mass is 16.5. The van der Waals surface area contributed by atoms with Crippen molar-refractivity contribution >= 4 is 5.91 Å². The molecule has 1 aliphatic rings. The van der Waals surface area contributed by atoms with Gasteiger partial charge in [-0.25, -0.2) is 0 Å². The second-order valence-electron chi connectivity index (χ2n) is 4.75. The van der Waals surface area contributed by atoms with E-state index < -0.39 is 5.60 Å². The van der Waals surface area contributed by atoms with E-state index in [4.69, 9.17) is 10.00 Å². The average Bonchev–Trinajstić information content (AvgIpc) is 2.41. The maximum atomic E-state index is 11.8. The highest BCUT2D eigenvalue weighted by Gasteiger charge is 2.41. The van der Waals surface area contributed by atoms with Crippen molar-refractivity contribution in [2.45, 2.75) is 18.9 Å². The third-order valence-corrected chi connectivity index (χ3v) is 3.33. The van der Waals surface area contributed by atoms with Crippen LogP contribution in [0.5, 0.6) is 5.75 Å². The molecule has 2 rings (SSSR count). The molecule has 1 heterocycles. The fraction of sp³-hybridized carbons (Fsp3) is 0.429. The maximum absolute atomic E-state index is 11.8. The smallest absolute Gasteiger partial charge is 0.260 e. The molecule has 1 fully saturated rings. The van der Waals surface area contributed by atoms with Crippen LogP contribution in [-0.4, -0.2) is 41.2 Å². The van der Waals surface area contributed by atoms with Crippen molar-refractivity contribution in [2.75, 3.05) is 19.7 Å². The topological polar surface area (TPSA) is 73.6 Å². The van der Waals surface area contributed by atoms with E-state index in [9.17, 15) is 9.90 Å². The minimum atomic E-state index is -0.718. The summed E-state index contributed by atoms with van der Waals surface area (Å²) in [5, 5.41) is 18.5. The van der Waals surface area contributed by atoms with Crippen molar-refractivity contribution in [3.05, 3.63) is 29.8 Å². The second kappa shape index (κ2) is 5.29. The van der Waals surface area contributed by atoms with Crippen molar-refractivity contribution in [3.63, 3.8) is 0 Å². The molecule has 100 valence electrons. The molecular formula is C14H16N2O3. The largest absolute Gasteiger partial charge is 0.484 e. The number of nitrogens with zero attached hydrogens (tertiary/aromatic N) is 2. The number of aliphatic hydroxyl groups is 1. The summed E-state index contributed by atoms with van der Waals surface area (Å²) in [7, 11) is 0. The molecule has 1 aromatic rings. The van der Waals surface area contributed by atoms with Crippen LogP contribution in [0, 0.1) is 11.3 Å². The fourth-order valence-corrected chi connectivity index (χ4v) is 1.93. The van der Waals surface area contributed by atoms with Crippen LogP contribution in [0.4, 0.5) is 0 Å². The van der Waals surface area contributed by atoms with Crippen LogP contribution in [0.15, 0.2) is 24.3 Å². The molecule has 0 unspecified atom stereocenters. The first-order chi connectivity index (χ1) is 9.06. The summed E-state index contributed by atoms with van der Waals surface area (Å²) in [5.74, 6) is 0.418. The minimum absolute atomic E-state index is 0.0499. The molecule has 1 aliphatic heterocycles. The zero-order valence-corrected chi connectivity index (χ0v) is 10.8. The van der Waals surface area contributed by atoms with Gasteiger partial charge >= 0.3 is 0 Å². The minimum Gasteiger partial charge on any atom is -0.484 e. The molecule has 1 aromatic carbocycles. The molecule has 1 saturated heterocycles. The molecule has 19 heavy (non-hydrogen) atoms. The molecule has 1 amide bonds. The summed E-state index contributed by atoms with van der Waals surface area (Å²) in [4.78, 5) is 13.3. The summed E-state index contributed by atoms with van der Waals surface area (Å²) in [6.07, 6.45) is 0.646. The number of likely N-dealkylation sites (tertiary alicyclic amines) is 1. The van der Waals surface area contributed by atoms with Crippen LogP contribution in [0.2, 0.25) is 0 Å². The third-order valence-electron chi connectivity index (χ3n) is 3.33. The molecular weight excluding hydrogens is 244 g/mol. The number of β-amino-alcohol motifs (C(OH)–C–C–N with tert-alkyl or cyclic N) is 1. The maximum Gasteiger partial charge on any atom is 0.260 e. The van der Waals surface area contributed by atoms with E-state index in [1.54, 1.807) is 29.2 Å². The SMILES string of the molecule is CCC1(O)CN(C(=O)COc2ccc(C#N)cc2)C1. The Morgan fingerprint density at radius 3 is 2.63 bits per heavy atom. The lowest BCUT2D eigenvalue weighted by atomic mass is 9.91. The monoisotopic (exact) mass is 260 g/mol. The average molecular weight is 260 g/mol. The molecule has 5 heteroatoms. The highest BCUT2D eigenvalue weighted by molar-refractivity contribution is 5.79. The number of amides is 1. The van der Waals surface area contributed by atoms with Crippen LogP contribution in [-0.2, 0) is 4.79 Å². The zero-order valence-electron chi connectivity index (χ0n) is 10.8. The summed E-state index contributed by atoms with van der Waals surface area (Å²) >= 11 is 0. The molecule has 0 spiro atoms. The Balaban J connectivity index is 1.80. The number of nitriles is 1. The number of benzene rings is 1. The van der Waals surface area contributed by atoms with Crippen molar-refractivity contribution in [1.29, 1.82) is 5.26 Å². The molecule has 0 atom stereocenters. The number of carbonyl (C=O) groups excluding carboxylic acids is 1. The Morgan fingerprint density at radius 1 is 1.47 bits per heavy atom. The molecule has 1 N–H and O–H groups in total. The van der Waals surface area contributed by atoms with Crippen molar-refractivity contribution in [3.8, 4) is 11.8 Å². The first kappa shape index (κ1) is 13.4. The van der Waals surface area contributed by atoms with Gasteiger partial charge in [-0.2, -0.15) is 5.26 Å². The number of hydrogen-bond acceptors (Lipinski definition) is 4. The van der Waals surface area contributed by atoms with Crippen LogP contribution in [0.3, 0.4) is 0 Å². The predicted octanol–water partition coefficient (Wildman–Crippen LogP) is 0.920. The highest BCUT2D eigenvalue weighted by Crippen LogP contribution is 2.24. The van der Waals surface area contributed by atoms with Crippen molar-refractivity contribution in [1.82, 2.24) is 4.90 Å². The van der Waals surface area contributed by atoms with Gasteiger partial charge in [-0.05, 0) is 30.7 Å². The molecule has 5 nitrogen and oxygen atoms in total. The van der Waals surface area contributed by atoms with E-state index >= 15 is 0 Å². The Kier molecular flexibility index (Phi) is 3.72. The van der Waals surface area contributed by atoms with Gasteiger partial charge in [0.1, 0.15) is 5.75 Å². The van der Waals surface area contributed by atoms with Gasteiger partial charge in [0.05, 0.1) is 30.3 Å². The summed E-state index contributed by atoms with van der Waals surface area (Å²) in [6, 6.07) is 8.60. The standard InChI is InChI=1S/C14H16N2O3/c1-2-14(18)9-16(10-14)13(17)8-19-12-5-3-11(7-15)4-6-12/h3-6,18H,2,8-10H2,1H3. The first-order valence-corrected chi connectivity index (χ1v) is 6.19. The second-order valence-corrected chi connectivity index (χ2v) is 4.75. The van der Waals surface area contributed by atoms with Gasteiger partial charge in [0.2, 0.25) is 0 Å². The summed E-state index contributed by atoms with van der Waals surface area (Å²) < 4.78 is 5.34. The zero-order chi connectivity index (χ0) is 13.9. The van der Waals surface area contributed by atoms with Gasteiger partial charge < -0.3 is 14.7 Å². The van der Waals surface area contributed by atoms with Gasteiger partial charge in [-0.15, -0.1) is 0 Å². The Bertz CT molecular complexity index is 498. The van der Waals surface area contributed by atoms with Gasteiger partial charge in [-0.3, -0.25) is 4.79 Å². The van der Waals surface area contributed by atoms with Crippen LogP contribution in [0.1, 0.15) is 18.9 Å². The fourth-order valence-electron chi connectivity index (χ4n) is 1.93. The first-order valence-electron chi connectivity index (χ1n) is 6.19. The number of rotatable bonds is 4. The van der Waals surface area contributed by atoms with Gasteiger partial charge in [-0.1, -0.05) is 6.92 Å². The van der Waals surface area contributed by atoms with Gasteiger partial charge in [0.25, 0.3) is 5.91 Å². The summed E-state index contributed by atoms with van der Waals surface area (Å²) in [5.41, 5.74) is -0.168. The van der Waals surface area contributed by atoms with Gasteiger partial charge in [0.15, 0.2) is 6.61 Å². The quantitative estimate of drug-likeness (QED) is 0.873. The lowest BCUT2D eigenvalue weighted by Gasteiger charge is -2.45. The number of hydrogen-bond donors (Lipinski definition) is 1. The lowest BCUT2D eigenvalue weighted by Crippen LogP contribution is -2.63. The number of carbonyl (C=O) groups is 1. The van der Waals surface area contributed by atoms with Crippen LogP contribution >= 0.6 is 0 Å². The molecule has 0 bridgehead atoms. The van der Waals surface area contributed by atoms with Crippen molar-refractivity contribution < 1.29 is 14.6 Å². The number of ether oxygens (including phenoxy) is 1. The lowest BCUT2D eigenvalue weighted by molar-refractivity contribution is -0.157. The molecule has 0 saturated carbocycles. The van der Waals surface area contributed by atoms with E-state index in [0.29, 0.717) is 30.8 Å². The van der Waals surface area contributed by atoms with Gasteiger partial charge in [0, 0.05) is 0 Å². The Labute approximate surface area is 112 Å². The van der Waals surface area contributed by atoms with Crippen molar-refractivity contribution in [2.24, 2.45) is 0 Å². The van der Waals surface area contributed by atoms with E-state index in [-0.39, 0.29) is 12.5 Å². The normalized spacial score (nSPS) is 16.4. The molecule has 0 aliphatic carbocycles. The van der Waals surface area contributed by atoms with Crippen LogP contribution in [0.25, 0.3) is 0 Å². The van der Waals surface area contributed by atoms with Crippen LogP contribution < -0.4 is 4.74 Å². The molecule has 0 aromatic heterocycles. The Hall–Kier alpha value is -2.06. The predicted molar refractivity (Wildman–Crippen MR) is 68.5 cm³/mol. The Morgan fingerprint density at radius 2 is 2.11 bits per heavy atom. The third kappa shape index (κ3) is 3.04. The molecule has 0 radical (unpaired) electrons.